The van der Waals surface area contributed by atoms with E-state index in [0.29, 0.717) is 45.6 Å². The van der Waals surface area contributed by atoms with Gasteiger partial charge < -0.3 is 0 Å². The van der Waals surface area contributed by atoms with E-state index in [4.69, 9.17) is 5.10 Å². The number of halogens is 2. The average Bonchev–Trinajstić information content (AvgIpc) is 2.99. The summed E-state index contributed by atoms with van der Waals surface area (Å²) in [6.07, 6.45) is 4.70. The highest BCUT2D eigenvalue weighted by atomic mass is 19.1. The molecule has 1 N–H and O–H groups in total. The fraction of sp³-hybridized carbons (Fsp3) is 0.263. The van der Waals surface area contributed by atoms with E-state index in [2.05, 4.69) is 20.2 Å². The Hall–Kier alpha value is -3.16. The summed E-state index contributed by atoms with van der Waals surface area (Å²) in [5.74, 6) is -0.228. The summed E-state index contributed by atoms with van der Waals surface area (Å²) in [5, 5.41) is 12.2. The number of aryl methyl sites for hydroxylation is 1. The summed E-state index contributed by atoms with van der Waals surface area (Å²) in [7, 11) is 0. The number of nitrogens with one attached hydrogen (secondary N) is 1. The minimum Gasteiger partial charge on any atom is -0.265 e. The minimum atomic E-state index is -0.419. The molecule has 0 saturated heterocycles. The van der Waals surface area contributed by atoms with Crippen molar-refractivity contribution in [2.24, 2.45) is 5.92 Å². The van der Waals surface area contributed by atoms with Gasteiger partial charge in [0.15, 0.2) is 11.5 Å². The monoisotopic (exact) mass is 364 g/mol. The largest absolute Gasteiger partial charge is 0.265 e. The topological polar surface area (TPSA) is 72.3 Å². The third kappa shape index (κ3) is 1.98. The smallest absolute Gasteiger partial charge is 0.156 e. The third-order valence-corrected chi connectivity index (χ3v) is 5.59. The van der Waals surface area contributed by atoms with Crippen molar-refractivity contribution in [2.45, 2.75) is 25.8 Å². The van der Waals surface area contributed by atoms with Crippen LogP contribution in [0.25, 0.3) is 33.5 Å². The molecular formula is C19H14F2N6. The molecule has 2 atom stereocenters. The molecule has 5 heterocycles. The highest BCUT2D eigenvalue weighted by Gasteiger charge is 2.48. The molecule has 6 rings (SSSR count). The fourth-order valence-corrected chi connectivity index (χ4v) is 4.20. The maximum atomic E-state index is 15.3. The van der Waals surface area contributed by atoms with Crippen LogP contribution in [0.15, 0.2) is 24.5 Å². The van der Waals surface area contributed by atoms with Crippen molar-refractivity contribution in [3.8, 4) is 22.5 Å². The lowest BCUT2D eigenvalue weighted by Crippen LogP contribution is -1.99. The molecule has 134 valence electrons. The first-order valence-corrected chi connectivity index (χ1v) is 8.84. The van der Waals surface area contributed by atoms with Gasteiger partial charge in [-0.3, -0.25) is 14.8 Å². The molecule has 4 aromatic heterocycles. The van der Waals surface area contributed by atoms with Crippen LogP contribution in [0.3, 0.4) is 0 Å². The predicted octanol–water partition coefficient (Wildman–Crippen LogP) is 3.59. The van der Waals surface area contributed by atoms with Crippen LogP contribution in [0.1, 0.15) is 23.9 Å². The van der Waals surface area contributed by atoms with Gasteiger partial charge >= 0.3 is 0 Å². The molecule has 8 heteroatoms. The number of fused-ring (bicyclic) bond motifs is 4. The number of H-pyrrole nitrogens is 1. The van der Waals surface area contributed by atoms with Crippen molar-refractivity contribution in [3.05, 3.63) is 47.5 Å². The van der Waals surface area contributed by atoms with Gasteiger partial charge in [-0.15, -0.1) is 0 Å². The highest BCUT2D eigenvalue weighted by Crippen LogP contribution is 2.55. The summed E-state index contributed by atoms with van der Waals surface area (Å²) in [4.78, 5) is 8.45. The third-order valence-electron chi connectivity index (χ3n) is 5.59. The van der Waals surface area contributed by atoms with Gasteiger partial charge in [0.05, 0.1) is 29.8 Å². The van der Waals surface area contributed by atoms with Gasteiger partial charge in [-0.2, -0.15) is 10.2 Å². The summed E-state index contributed by atoms with van der Waals surface area (Å²) in [5.41, 5.74) is 4.08. The molecule has 1 aliphatic carbocycles. The van der Waals surface area contributed by atoms with E-state index in [1.165, 1.54) is 6.07 Å². The van der Waals surface area contributed by atoms with E-state index in [1.807, 2.05) is 4.68 Å². The second-order valence-electron chi connectivity index (χ2n) is 7.26. The maximum absolute atomic E-state index is 15.3. The fourth-order valence-electron chi connectivity index (χ4n) is 4.20. The minimum absolute atomic E-state index is 0.294. The van der Waals surface area contributed by atoms with E-state index < -0.39 is 5.82 Å². The predicted molar refractivity (Wildman–Crippen MR) is 93.8 cm³/mol. The zero-order valence-electron chi connectivity index (χ0n) is 14.4. The van der Waals surface area contributed by atoms with Crippen LogP contribution in [0, 0.1) is 24.5 Å². The van der Waals surface area contributed by atoms with Gasteiger partial charge in [0.1, 0.15) is 11.5 Å². The Morgan fingerprint density at radius 3 is 2.89 bits per heavy atom. The first-order chi connectivity index (χ1) is 13.1. The number of hydrogen-bond acceptors (Lipinski definition) is 4. The van der Waals surface area contributed by atoms with Gasteiger partial charge in [0.2, 0.25) is 0 Å². The van der Waals surface area contributed by atoms with Crippen LogP contribution in [0.4, 0.5) is 8.78 Å². The summed E-state index contributed by atoms with van der Waals surface area (Å²) < 4.78 is 30.7. The van der Waals surface area contributed by atoms with Crippen LogP contribution >= 0.6 is 0 Å². The number of aromatic nitrogens is 6. The molecule has 0 aromatic carbocycles. The van der Waals surface area contributed by atoms with Crippen LogP contribution < -0.4 is 0 Å². The Balaban J connectivity index is 1.70. The summed E-state index contributed by atoms with van der Waals surface area (Å²) in [6.45, 7) is 1.64. The quantitative estimate of drug-likeness (QED) is 0.590. The molecule has 1 aliphatic heterocycles. The van der Waals surface area contributed by atoms with Crippen molar-refractivity contribution in [1.29, 1.82) is 0 Å². The number of rotatable bonds is 2. The lowest BCUT2D eigenvalue weighted by atomic mass is 9.96. The first kappa shape index (κ1) is 15.0. The first-order valence-electron chi connectivity index (χ1n) is 8.84. The lowest BCUT2D eigenvalue weighted by molar-refractivity contribution is 0.615. The molecule has 0 bridgehead atoms. The Morgan fingerprint density at radius 1 is 1.19 bits per heavy atom. The number of pyridine rings is 2. The van der Waals surface area contributed by atoms with Crippen molar-refractivity contribution < 1.29 is 8.78 Å². The Kier molecular flexibility index (Phi) is 2.75. The van der Waals surface area contributed by atoms with Crippen molar-refractivity contribution in [3.63, 3.8) is 0 Å². The van der Waals surface area contributed by atoms with Gasteiger partial charge in [-0.05, 0) is 37.8 Å². The standard InChI is InChI=1S/C19H14F2N6/c1-8-17(21)15(11-7-23-25-19(11)24-8)16-14-5-9-4-13(9)27(14)26-18(16)12-3-2-10(20)6-22-12/h2-3,6-7,9,13H,4-5H2,1H3,(H,23,24,25)/t9-,13-/m0/s1. The molecule has 2 aliphatic rings. The molecule has 0 spiro atoms. The average molecular weight is 364 g/mol. The van der Waals surface area contributed by atoms with E-state index in [-0.39, 0.29) is 5.82 Å². The van der Waals surface area contributed by atoms with Gasteiger partial charge in [0.25, 0.3) is 0 Å². The normalized spacial score (nSPS) is 20.1. The van der Waals surface area contributed by atoms with E-state index in [9.17, 15) is 4.39 Å². The van der Waals surface area contributed by atoms with Crippen LogP contribution in [-0.2, 0) is 6.42 Å². The summed E-state index contributed by atoms with van der Waals surface area (Å²) in [6, 6.07) is 3.30. The second-order valence-corrected chi connectivity index (χ2v) is 7.26. The zero-order valence-corrected chi connectivity index (χ0v) is 14.4. The number of nitrogens with zero attached hydrogens (tertiary/aromatic N) is 5. The number of aromatic amines is 1. The van der Waals surface area contributed by atoms with E-state index in [0.717, 1.165) is 30.3 Å². The molecule has 1 fully saturated rings. The van der Waals surface area contributed by atoms with E-state index in [1.54, 1.807) is 19.2 Å². The molecule has 27 heavy (non-hydrogen) atoms. The van der Waals surface area contributed by atoms with Crippen LogP contribution in [0.5, 0.6) is 0 Å². The highest BCUT2D eigenvalue weighted by molar-refractivity contribution is 5.98. The van der Waals surface area contributed by atoms with Crippen LogP contribution in [-0.4, -0.2) is 29.9 Å². The molecule has 1 saturated carbocycles. The Morgan fingerprint density at radius 2 is 2.07 bits per heavy atom. The summed E-state index contributed by atoms with van der Waals surface area (Å²) >= 11 is 0. The molecule has 6 nitrogen and oxygen atoms in total. The second kappa shape index (κ2) is 4.97. The van der Waals surface area contributed by atoms with Gasteiger partial charge in [-0.25, -0.2) is 13.8 Å². The molecule has 4 aromatic rings. The van der Waals surface area contributed by atoms with Crippen LogP contribution in [0.2, 0.25) is 0 Å². The van der Waals surface area contributed by atoms with Gasteiger partial charge in [0, 0.05) is 22.2 Å². The van der Waals surface area contributed by atoms with Crippen molar-refractivity contribution in [2.75, 3.05) is 0 Å². The molecule has 0 amide bonds. The maximum Gasteiger partial charge on any atom is 0.156 e. The van der Waals surface area contributed by atoms with Crippen molar-refractivity contribution >= 4 is 11.0 Å². The van der Waals surface area contributed by atoms with Gasteiger partial charge in [-0.1, -0.05) is 0 Å². The Bertz CT molecular complexity index is 1220. The SMILES string of the molecule is Cc1nc2[nH]ncc2c(-c2c(-c3ccc(F)cn3)nn3c2C[C@@H]2C[C@@H]23)c1F. The molecule has 0 unspecified atom stereocenters. The Labute approximate surface area is 152 Å². The zero-order chi connectivity index (χ0) is 18.3. The molecular weight excluding hydrogens is 350 g/mol. The number of hydrogen-bond donors (Lipinski definition) is 1. The van der Waals surface area contributed by atoms with E-state index >= 15 is 4.39 Å². The lowest BCUT2D eigenvalue weighted by Gasteiger charge is -2.10. The molecule has 0 radical (unpaired) electrons. The van der Waals surface area contributed by atoms with Crippen molar-refractivity contribution in [1.82, 2.24) is 29.9 Å².